The van der Waals surface area contributed by atoms with Crippen molar-refractivity contribution in [2.24, 2.45) is 0 Å². The van der Waals surface area contributed by atoms with Gasteiger partial charge in [0, 0.05) is 23.2 Å². The van der Waals surface area contributed by atoms with Gasteiger partial charge < -0.3 is 14.8 Å². The van der Waals surface area contributed by atoms with E-state index in [1.807, 2.05) is 13.8 Å². The van der Waals surface area contributed by atoms with Gasteiger partial charge in [0.15, 0.2) is 0 Å². The molecular weight excluding hydrogens is 332 g/mol. The number of hydrogen-bond acceptors (Lipinski definition) is 3. The molecule has 0 radical (unpaired) electrons. The van der Waals surface area contributed by atoms with Gasteiger partial charge in [0.25, 0.3) is 0 Å². The van der Waals surface area contributed by atoms with Crippen molar-refractivity contribution < 1.29 is 18.3 Å². The number of rotatable bonds is 9. The molecule has 0 saturated carbocycles. The quantitative estimate of drug-likeness (QED) is 0.683. The third kappa shape index (κ3) is 7.17. The van der Waals surface area contributed by atoms with Gasteiger partial charge in [-0.2, -0.15) is 8.78 Å². The SMILES string of the molecule is CC(C)OCCCNCc1cc(Br)ccc1OC(F)F. The molecule has 6 heteroatoms. The van der Waals surface area contributed by atoms with Crippen molar-refractivity contribution in [2.45, 2.75) is 39.5 Å². The van der Waals surface area contributed by atoms with E-state index in [0.29, 0.717) is 18.7 Å². The number of halogens is 3. The summed E-state index contributed by atoms with van der Waals surface area (Å²) in [6.07, 6.45) is 1.10. The highest BCUT2D eigenvalue weighted by Crippen LogP contribution is 2.24. The maximum atomic E-state index is 12.3. The Kier molecular flexibility index (Phi) is 8.02. The molecule has 0 bridgehead atoms. The Balaban J connectivity index is 2.40. The molecule has 0 spiro atoms. The van der Waals surface area contributed by atoms with Crippen LogP contribution in [0.25, 0.3) is 0 Å². The predicted octanol–water partition coefficient (Wildman–Crippen LogP) is 3.96. The number of nitrogens with one attached hydrogen (secondary N) is 1. The Morgan fingerprint density at radius 1 is 1.30 bits per heavy atom. The van der Waals surface area contributed by atoms with Gasteiger partial charge in [0.1, 0.15) is 5.75 Å². The molecule has 0 aliphatic heterocycles. The second-order valence-electron chi connectivity index (χ2n) is 4.58. The predicted molar refractivity (Wildman–Crippen MR) is 78.2 cm³/mol. The summed E-state index contributed by atoms with van der Waals surface area (Å²) in [5.74, 6) is 0.203. The first-order chi connectivity index (χ1) is 9.49. The van der Waals surface area contributed by atoms with E-state index in [2.05, 4.69) is 26.0 Å². The summed E-state index contributed by atoms with van der Waals surface area (Å²) in [5.41, 5.74) is 0.699. The Labute approximate surface area is 126 Å². The Hall–Kier alpha value is -0.720. The highest BCUT2D eigenvalue weighted by Gasteiger charge is 2.09. The summed E-state index contributed by atoms with van der Waals surface area (Å²) in [6, 6.07) is 4.99. The molecule has 3 nitrogen and oxygen atoms in total. The van der Waals surface area contributed by atoms with Gasteiger partial charge in [-0.15, -0.1) is 0 Å². The highest BCUT2D eigenvalue weighted by molar-refractivity contribution is 9.10. The average Bonchev–Trinajstić information content (AvgIpc) is 2.35. The summed E-state index contributed by atoms with van der Waals surface area (Å²) in [4.78, 5) is 0. The van der Waals surface area contributed by atoms with Crippen LogP contribution in [0, 0.1) is 0 Å². The lowest BCUT2D eigenvalue weighted by Crippen LogP contribution is -2.18. The van der Waals surface area contributed by atoms with E-state index in [-0.39, 0.29) is 11.9 Å². The van der Waals surface area contributed by atoms with Crippen LogP contribution in [-0.4, -0.2) is 25.9 Å². The molecule has 1 aromatic rings. The molecule has 1 aromatic carbocycles. The number of benzene rings is 1. The molecular formula is C14H20BrF2NO2. The van der Waals surface area contributed by atoms with Crippen molar-refractivity contribution in [2.75, 3.05) is 13.2 Å². The first-order valence-electron chi connectivity index (χ1n) is 6.54. The van der Waals surface area contributed by atoms with Crippen molar-refractivity contribution in [3.63, 3.8) is 0 Å². The molecule has 0 heterocycles. The molecule has 1 N–H and O–H groups in total. The maximum absolute atomic E-state index is 12.3. The van der Waals surface area contributed by atoms with Crippen LogP contribution in [0.2, 0.25) is 0 Å². The first-order valence-corrected chi connectivity index (χ1v) is 7.34. The van der Waals surface area contributed by atoms with Gasteiger partial charge in [-0.3, -0.25) is 0 Å². The monoisotopic (exact) mass is 351 g/mol. The van der Waals surface area contributed by atoms with Gasteiger partial charge in [0.2, 0.25) is 0 Å². The van der Waals surface area contributed by atoms with Crippen LogP contribution in [-0.2, 0) is 11.3 Å². The van der Waals surface area contributed by atoms with Crippen molar-refractivity contribution in [3.8, 4) is 5.75 Å². The van der Waals surface area contributed by atoms with E-state index in [1.165, 1.54) is 6.07 Å². The van der Waals surface area contributed by atoms with Crippen LogP contribution in [0.15, 0.2) is 22.7 Å². The number of hydrogen-bond donors (Lipinski definition) is 1. The molecule has 0 saturated heterocycles. The van der Waals surface area contributed by atoms with Crippen LogP contribution in [0.1, 0.15) is 25.8 Å². The zero-order valence-corrected chi connectivity index (χ0v) is 13.3. The lowest BCUT2D eigenvalue weighted by atomic mass is 10.2. The molecule has 0 amide bonds. The summed E-state index contributed by atoms with van der Waals surface area (Å²) in [6.45, 7) is 3.08. The maximum Gasteiger partial charge on any atom is 0.387 e. The van der Waals surface area contributed by atoms with E-state index in [0.717, 1.165) is 17.4 Å². The molecule has 20 heavy (non-hydrogen) atoms. The summed E-state index contributed by atoms with van der Waals surface area (Å²) in [7, 11) is 0. The van der Waals surface area contributed by atoms with Crippen molar-refractivity contribution in [3.05, 3.63) is 28.2 Å². The van der Waals surface area contributed by atoms with Crippen LogP contribution < -0.4 is 10.1 Å². The lowest BCUT2D eigenvalue weighted by molar-refractivity contribution is -0.0505. The third-order valence-electron chi connectivity index (χ3n) is 2.50. The molecule has 0 fully saturated rings. The number of ether oxygens (including phenoxy) is 2. The van der Waals surface area contributed by atoms with E-state index in [4.69, 9.17) is 4.74 Å². The fourth-order valence-corrected chi connectivity index (χ4v) is 2.04. The topological polar surface area (TPSA) is 30.5 Å². The minimum absolute atomic E-state index is 0.203. The van der Waals surface area contributed by atoms with E-state index in [9.17, 15) is 8.78 Å². The molecule has 0 unspecified atom stereocenters. The zero-order chi connectivity index (χ0) is 15.0. The Morgan fingerprint density at radius 2 is 2.05 bits per heavy atom. The fraction of sp³-hybridized carbons (Fsp3) is 0.571. The van der Waals surface area contributed by atoms with Crippen LogP contribution >= 0.6 is 15.9 Å². The van der Waals surface area contributed by atoms with E-state index in [1.54, 1.807) is 12.1 Å². The minimum atomic E-state index is -2.81. The minimum Gasteiger partial charge on any atom is -0.434 e. The highest BCUT2D eigenvalue weighted by atomic mass is 79.9. The largest absolute Gasteiger partial charge is 0.434 e. The second kappa shape index (κ2) is 9.26. The third-order valence-corrected chi connectivity index (χ3v) is 3.00. The fourth-order valence-electron chi connectivity index (χ4n) is 1.64. The van der Waals surface area contributed by atoms with Gasteiger partial charge in [-0.05, 0) is 45.0 Å². The summed E-state index contributed by atoms with van der Waals surface area (Å²) < 4.78 is 35.3. The molecule has 0 aromatic heterocycles. The standard InChI is InChI=1S/C14H20BrF2NO2/c1-10(2)19-7-3-6-18-9-11-8-12(15)4-5-13(11)20-14(16)17/h4-5,8,10,14,18H,3,6-7,9H2,1-2H3. The second-order valence-corrected chi connectivity index (χ2v) is 5.50. The smallest absolute Gasteiger partial charge is 0.387 e. The molecule has 0 aliphatic rings. The average molecular weight is 352 g/mol. The Bertz CT molecular complexity index is 403. The van der Waals surface area contributed by atoms with Gasteiger partial charge in [-0.1, -0.05) is 15.9 Å². The van der Waals surface area contributed by atoms with E-state index >= 15 is 0 Å². The van der Waals surface area contributed by atoms with Crippen LogP contribution in [0.4, 0.5) is 8.78 Å². The lowest BCUT2D eigenvalue weighted by Gasteiger charge is -2.12. The molecule has 1 rings (SSSR count). The van der Waals surface area contributed by atoms with Gasteiger partial charge in [-0.25, -0.2) is 0 Å². The van der Waals surface area contributed by atoms with Gasteiger partial charge in [0.05, 0.1) is 6.10 Å². The normalized spacial score (nSPS) is 11.3. The zero-order valence-electron chi connectivity index (χ0n) is 11.7. The number of alkyl halides is 2. The van der Waals surface area contributed by atoms with Crippen molar-refractivity contribution in [1.82, 2.24) is 5.32 Å². The summed E-state index contributed by atoms with van der Waals surface area (Å²) in [5, 5.41) is 3.19. The van der Waals surface area contributed by atoms with Crippen LogP contribution in [0.5, 0.6) is 5.75 Å². The van der Waals surface area contributed by atoms with E-state index < -0.39 is 6.61 Å². The molecule has 114 valence electrons. The van der Waals surface area contributed by atoms with Crippen molar-refractivity contribution >= 4 is 15.9 Å². The van der Waals surface area contributed by atoms with Gasteiger partial charge >= 0.3 is 6.61 Å². The molecule has 0 atom stereocenters. The summed E-state index contributed by atoms with van der Waals surface area (Å²) >= 11 is 3.32. The van der Waals surface area contributed by atoms with Crippen molar-refractivity contribution in [1.29, 1.82) is 0 Å². The first kappa shape index (κ1) is 17.3. The molecule has 0 aliphatic carbocycles. The van der Waals surface area contributed by atoms with Crippen LogP contribution in [0.3, 0.4) is 0 Å². The Morgan fingerprint density at radius 3 is 2.70 bits per heavy atom.